The lowest BCUT2D eigenvalue weighted by Crippen LogP contribution is -2.56. The van der Waals surface area contributed by atoms with Crippen molar-refractivity contribution in [1.82, 2.24) is 10.2 Å². The van der Waals surface area contributed by atoms with Gasteiger partial charge in [-0.05, 0) is 43.4 Å². The van der Waals surface area contributed by atoms with Crippen molar-refractivity contribution in [2.24, 2.45) is 0 Å². The molecule has 2 aromatic rings. The number of halogens is 1. The molecule has 3 rings (SSSR count). The SMILES string of the molecule is CCOC(=O)[C@@H](CCc1ccccc1)N[C@@H](C)C(=O)N1Cc2ccccc2C[C@@H]1C(=O)O.Cl. The maximum absolute atomic E-state index is 13.3. The summed E-state index contributed by atoms with van der Waals surface area (Å²) >= 11 is 0. The van der Waals surface area contributed by atoms with Crippen LogP contribution in [0.3, 0.4) is 0 Å². The van der Waals surface area contributed by atoms with Crippen LogP contribution in [0.2, 0.25) is 0 Å². The van der Waals surface area contributed by atoms with E-state index in [1.165, 1.54) is 4.90 Å². The summed E-state index contributed by atoms with van der Waals surface area (Å²) in [4.78, 5) is 39.1. The van der Waals surface area contributed by atoms with E-state index >= 15 is 0 Å². The van der Waals surface area contributed by atoms with E-state index in [0.717, 1.165) is 16.7 Å². The topological polar surface area (TPSA) is 95.9 Å². The van der Waals surface area contributed by atoms with Crippen LogP contribution in [0.4, 0.5) is 0 Å². The molecular formula is C25H31ClN2O5. The number of carbonyl (C=O) groups excluding carboxylic acids is 2. The predicted octanol–water partition coefficient (Wildman–Crippen LogP) is 2.99. The zero-order valence-corrected chi connectivity index (χ0v) is 19.7. The minimum Gasteiger partial charge on any atom is -0.480 e. The molecule has 1 amide bonds. The lowest BCUT2D eigenvalue weighted by molar-refractivity contribution is -0.153. The van der Waals surface area contributed by atoms with Crippen molar-refractivity contribution in [2.75, 3.05) is 6.61 Å². The van der Waals surface area contributed by atoms with E-state index < -0.39 is 30.1 Å². The summed E-state index contributed by atoms with van der Waals surface area (Å²) in [6.45, 7) is 3.88. The van der Waals surface area contributed by atoms with Gasteiger partial charge in [0, 0.05) is 13.0 Å². The quantitative estimate of drug-likeness (QED) is 0.542. The smallest absolute Gasteiger partial charge is 0.326 e. The number of ether oxygens (including phenoxy) is 1. The summed E-state index contributed by atoms with van der Waals surface area (Å²) in [5.41, 5.74) is 2.97. The molecule has 1 aliphatic rings. The van der Waals surface area contributed by atoms with Gasteiger partial charge in [-0.25, -0.2) is 4.79 Å². The predicted molar refractivity (Wildman–Crippen MR) is 127 cm³/mol. The standard InChI is InChI=1S/C25H30N2O5.ClH/c1-3-32-25(31)21(14-13-18-9-5-4-6-10-18)26-17(2)23(28)27-16-20-12-8-7-11-19(20)15-22(27)24(29)30;/h4-12,17,21-22,26H,3,13-16H2,1-2H3,(H,29,30);1H/t17-,21+,22+;/m0./s1. The number of rotatable bonds is 9. The highest BCUT2D eigenvalue weighted by molar-refractivity contribution is 5.88. The second kappa shape index (κ2) is 12.4. The number of nitrogens with one attached hydrogen (secondary N) is 1. The molecule has 33 heavy (non-hydrogen) atoms. The van der Waals surface area contributed by atoms with E-state index in [1.54, 1.807) is 13.8 Å². The van der Waals surface area contributed by atoms with E-state index in [2.05, 4.69) is 5.32 Å². The van der Waals surface area contributed by atoms with Crippen LogP contribution >= 0.6 is 12.4 Å². The average molecular weight is 475 g/mol. The minimum absolute atomic E-state index is 0. The number of aliphatic carboxylic acids is 1. The number of aryl methyl sites for hydroxylation is 1. The monoisotopic (exact) mass is 474 g/mol. The van der Waals surface area contributed by atoms with E-state index in [-0.39, 0.29) is 37.9 Å². The molecule has 178 valence electrons. The largest absolute Gasteiger partial charge is 0.480 e. The molecule has 0 bridgehead atoms. The van der Waals surface area contributed by atoms with E-state index in [4.69, 9.17) is 4.74 Å². The number of nitrogens with zero attached hydrogens (tertiary/aromatic N) is 1. The van der Waals surface area contributed by atoms with Crippen LogP contribution < -0.4 is 5.32 Å². The molecule has 0 saturated heterocycles. The normalized spacial score (nSPS) is 16.7. The molecule has 8 heteroatoms. The number of fused-ring (bicyclic) bond motifs is 1. The zero-order chi connectivity index (χ0) is 23.1. The van der Waals surface area contributed by atoms with Gasteiger partial charge >= 0.3 is 11.9 Å². The summed E-state index contributed by atoms with van der Waals surface area (Å²) in [5.74, 6) is -1.80. The summed E-state index contributed by atoms with van der Waals surface area (Å²) in [7, 11) is 0. The van der Waals surface area contributed by atoms with Crippen molar-refractivity contribution in [1.29, 1.82) is 0 Å². The van der Waals surface area contributed by atoms with Gasteiger partial charge in [0.25, 0.3) is 0 Å². The van der Waals surface area contributed by atoms with Gasteiger partial charge < -0.3 is 14.7 Å². The Morgan fingerprint density at radius 2 is 1.73 bits per heavy atom. The van der Waals surface area contributed by atoms with E-state index in [1.807, 2.05) is 54.6 Å². The number of hydrogen-bond acceptors (Lipinski definition) is 5. The second-order valence-electron chi connectivity index (χ2n) is 8.01. The zero-order valence-electron chi connectivity index (χ0n) is 18.9. The van der Waals surface area contributed by atoms with Crippen molar-refractivity contribution in [3.8, 4) is 0 Å². The summed E-state index contributed by atoms with van der Waals surface area (Å²) in [6.07, 6.45) is 1.37. The first-order valence-electron chi connectivity index (χ1n) is 11.0. The molecule has 7 nitrogen and oxygen atoms in total. The number of esters is 1. The first-order valence-corrected chi connectivity index (χ1v) is 11.0. The average Bonchev–Trinajstić information content (AvgIpc) is 2.80. The summed E-state index contributed by atoms with van der Waals surface area (Å²) in [6, 6.07) is 15.0. The van der Waals surface area contributed by atoms with Crippen LogP contribution in [0.25, 0.3) is 0 Å². The first kappa shape index (κ1) is 26.4. The van der Waals surface area contributed by atoms with Gasteiger partial charge in [0.05, 0.1) is 12.6 Å². The lowest BCUT2D eigenvalue weighted by Gasteiger charge is -2.36. The molecule has 1 aliphatic heterocycles. The summed E-state index contributed by atoms with van der Waals surface area (Å²) in [5, 5.41) is 12.8. The Balaban J connectivity index is 0.00000385. The van der Waals surface area contributed by atoms with Crippen LogP contribution in [0.1, 0.15) is 37.0 Å². The molecule has 0 unspecified atom stereocenters. The number of carbonyl (C=O) groups is 3. The van der Waals surface area contributed by atoms with Crippen LogP contribution in [-0.2, 0) is 38.5 Å². The van der Waals surface area contributed by atoms with Crippen molar-refractivity contribution in [3.05, 3.63) is 71.3 Å². The van der Waals surface area contributed by atoms with Gasteiger partial charge in [0.2, 0.25) is 5.91 Å². The van der Waals surface area contributed by atoms with Gasteiger partial charge in [0.15, 0.2) is 0 Å². The third-order valence-corrected chi connectivity index (χ3v) is 5.77. The number of carboxylic acid groups (broad SMARTS) is 1. The second-order valence-corrected chi connectivity index (χ2v) is 8.01. The molecule has 0 saturated carbocycles. The molecule has 0 fully saturated rings. The fraction of sp³-hybridized carbons (Fsp3) is 0.400. The molecule has 0 aliphatic carbocycles. The fourth-order valence-electron chi connectivity index (χ4n) is 4.06. The van der Waals surface area contributed by atoms with E-state index in [9.17, 15) is 19.5 Å². The van der Waals surface area contributed by atoms with Gasteiger partial charge in [-0.1, -0.05) is 54.6 Å². The maximum Gasteiger partial charge on any atom is 0.326 e. The summed E-state index contributed by atoms with van der Waals surface area (Å²) < 4.78 is 5.20. The Hall–Kier alpha value is -2.90. The van der Waals surface area contributed by atoms with Crippen LogP contribution in [0.15, 0.2) is 54.6 Å². The van der Waals surface area contributed by atoms with Gasteiger partial charge in [-0.15, -0.1) is 12.4 Å². The number of benzene rings is 2. The number of amides is 1. The molecule has 0 radical (unpaired) electrons. The third-order valence-electron chi connectivity index (χ3n) is 5.77. The molecule has 2 N–H and O–H groups in total. The Kier molecular flexibility index (Phi) is 9.88. The Morgan fingerprint density at radius 3 is 2.36 bits per heavy atom. The highest BCUT2D eigenvalue weighted by atomic mass is 35.5. The third kappa shape index (κ3) is 6.79. The molecular weight excluding hydrogens is 444 g/mol. The highest BCUT2D eigenvalue weighted by Crippen LogP contribution is 2.24. The molecule has 0 aromatic heterocycles. The molecule has 0 spiro atoms. The van der Waals surface area contributed by atoms with Gasteiger partial charge in [0.1, 0.15) is 12.1 Å². The Morgan fingerprint density at radius 1 is 1.09 bits per heavy atom. The highest BCUT2D eigenvalue weighted by Gasteiger charge is 2.37. The van der Waals surface area contributed by atoms with Crippen LogP contribution in [-0.4, -0.2) is 52.6 Å². The van der Waals surface area contributed by atoms with Crippen molar-refractivity contribution in [3.63, 3.8) is 0 Å². The van der Waals surface area contributed by atoms with Gasteiger partial charge in [-0.2, -0.15) is 0 Å². The molecule has 2 aromatic carbocycles. The van der Waals surface area contributed by atoms with Crippen molar-refractivity contribution in [2.45, 2.75) is 57.8 Å². The maximum atomic E-state index is 13.3. The van der Waals surface area contributed by atoms with Crippen LogP contribution in [0.5, 0.6) is 0 Å². The van der Waals surface area contributed by atoms with Crippen molar-refractivity contribution >= 4 is 30.3 Å². The molecule has 1 heterocycles. The fourth-order valence-corrected chi connectivity index (χ4v) is 4.06. The minimum atomic E-state index is -1.04. The van der Waals surface area contributed by atoms with Crippen molar-refractivity contribution < 1.29 is 24.2 Å². The Bertz CT molecular complexity index is 953. The Labute approximate surface area is 200 Å². The number of carboxylic acids is 1. The molecule has 3 atom stereocenters. The van der Waals surface area contributed by atoms with E-state index in [0.29, 0.717) is 12.8 Å². The first-order chi connectivity index (χ1) is 15.4. The van der Waals surface area contributed by atoms with Crippen LogP contribution in [0, 0.1) is 0 Å². The lowest BCUT2D eigenvalue weighted by atomic mass is 9.93. The van der Waals surface area contributed by atoms with Gasteiger partial charge in [-0.3, -0.25) is 14.9 Å². The number of hydrogen-bond donors (Lipinski definition) is 2.